The number of aromatic nitrogens is 3. The highest BCUT2D eigenvalue weighted by Crippen LogP contribution is 2.43. The molecule has 0 radical (unpaired) electrons. The van der Waals surface area contributed by atoms with Gasteiger partial charge >= 0.3 is 12.4 Å². The van der Waals surface area contributed by atoms with Gasteiger partial charge in [0.1, 0.15) is 5.82 Å². The number of benzene rings is 7. The van der Waals surface area contributed by atoms with Crippen LogP contribution in [0.15, 0.2) is 158 Å². The predicted octanol–water partition coefficient (Wildman–Crippen LogP) is 15.5. The van der Waals surface area contributed by atoms with Gasteiger partial charge in [-0.05, 0) is 102 Å². The molecular weight excluding hydrogens is 795 g/mol. The molecule has 0 unspecified atom stereocenters. The number of halogens is 6. The molecule has 0 N–H and O–H groups in total. The first-order valence-electron chi connectivity index (χ1n) is 19.7. The minimum absolute atomic E-state index is 0.0685. The number of alkyl halides is 6. The van der Waals surface area contributed by atoms with E-state index in [1.165, 1.54) is 18.2 Å². The average molecular weight is 827 g/mol. The molecule has 0 bridgehead atoms. The van der Waals surface area contributed by atoms with Crippen molar-refractivity contribution >= 4 is 49.3 Å². The van der Waals surface area contributed by atoms with E-state index in [9.17, 15) is 26.3 Å². The summed E-state index contributed by atoms with van der Waals surface area (Å²) in [4.78, 5) is 8.83. The van der Waals surface area contributed by atoms with E-state index in [-0.39, 0.29) is 5.56 Å². The van der Waals surface area contributed by atoms with Gasteiger partial charge in [0.15, 0.2) is 5.69 Å². The highest BCUT2D eigenvalue weighted by Gasteiger charge is 2.34. The summed E-state index contributed by atoms with van der Waals surface area (Å²) in [6.45, 7) is 11.2. The second-order valence-corrected chi connectivity index (χ2v) is 15.5. The Morgan fingerprint density at radius 3 is 1.74 bits per heavy atom. The van der Waals surface area contributed by atoms with Crippen molar-refractivity contribution in [2.24, 2.45) is 0 Å². The van der Waals surface area contributed by atoms with E-state index in [2.05, 4.69) is 9.41 Å². The molecule has 10 rings (SSSR count). The molecule has 0 saturated heterocycles. The molecule has 0 atom stereocenters. The average Bonchev–Trinajstić information content (AvgIpc) is 3.77. The van der Waals surface area contributed by atoms with E-state index >= 15 is 0 Å². The third-order valence-corrected chi connectivity index (χ3v) is 11.6. The van der Waals surface area contributed by atoms with E-state index in [4.69, 9.17) is 11.6 Å². The van der Waals surface area contributed by atoms with Crippen LogP contribution >= 0.6 is 0 Å². The predicted molar refractivity (Wildman–Crippen MR) is 235 cm³/mol. The van der Waals surface area contributed by atoms with Gasteiger partial charge in [-0.1, -0.05) is 103 Å². The molecule has 10 heteroatoms. The van der Waals surface area contributed by atoms with Crippen LogP contribution in [0.5, 0.6) is 0 Å². The fraction of sp³-hybridized carbons (Fsp3) is 0.0769. The van der Waals surface area contributed by atoms with Gasteiger partial charge in [-0.2, -0.15) is 26.3 Å². The Hall–Kier alpha value is -7.64. The van der Waals surface area contributed by atoms with Crippen LogP contribution in [0.25, 0.3) is 93.3 Å². The molecular formula is C52H32F6N4. The van der Waals surface area contributed by atoms with Crippen LogP contribution in [-0.4, -0.2) is 14.1 Å². The number of hydrogen-bond acceptors (Lipinski definition) is 1. The summed E-state index contributed by atoms with van der Waals surface area (Å²) in [6, 6.07) is 44.2. The Morgan fingerprint density at radius 1 is 0.500 bits per heavy atom. The van der Waals surface area contributed by atoms with Crippen LogP contribution in [0, 0.1) is 20.4 Å². The van der Waals surface area contributed by atoms with E-state index in [1.807, 2.05) is 95.6 Å². The largest absolute Gasteiger partial charge is 0.417 e. The first-order valence-corrected chi connectivity index (χ1v) is 19.7. The number of pyridine rings is 1. The fourth-order valence-electron chi connectivity index (χ4n) is 8.80. The summed E-state index contributed by atoms with van der Waals surface area (Å²) in [5.74, 6) is 0.502. The summed E-state index contributed by atoms with van der Waals surface area (Å²) in [5, 5.41) is 3.60. The Labute approximate surface area is 351 Å². The summed E-state index contributed by atoms with van der Waals surface area (Å²) in [7, 11) is 0. The van der Waals surface area contributed by atoms with Crippen molar-refractivity contribution in [1.82, 2.24) is 14.1 Å². The minimum atomic E-state index is -4.57. The van der Waals surface area contributed by atoms with Gasteiger partial charge in [0, 0.05) is 27.1 Å². The zero-order valence-electron chi connectivity index (χ0n) is 33.1. The van der Waals surface area contributed by atoms with Crippen molar-refractivity contribution in [3.05, 3.63) is 192 Å². The Balaban J connectivity index is 1.24. The van der Waals surface area contributed by atoms with Crippen molar-refractivity contribution in [1.29, 1.82) is 0 Å². The van der Waals surface area contributed by atoms with Gasteiger partial charge in [-0.3, -0.25) is 4.57 Å². The van der Waals surface area contributed by atoms with Gasteiger partial charge in [-0.15, -0.1) is 0 Å². The van der Waals surface area contributed by atoms with E-state index < -0.39 is 23.5 Å². The van der Waals surface area contributed by atoms with Crippen LogP contribution in [0.2, 0.25) is 0 Å². The molecule has 7 aromatic carbocycles. The van der Waals surface area contributed by atoms with Crippen LogP contribution in [0.3, 0.4) is 0 Å². The number of rotatable bonds is 5. The maximum atomic E-state index is 14.5. The van der Waals surface area contributed by atoms with Crippen molar-refractivity contribution < 1.29 is 26.3 Å². The van der Waals surface area contributed by atoms with Crippen molar-refractivity contribution in [2.45, 2.75) is 26.2 Å². The molecule has 0 amide bonds. The van der Waals surface area contributed by atoms with Gasteiger partial charge in [0.2, 0.25) is 0 Å². The van der Waals surface area contributed by atoms with E-state index in [1.54, 1.807) is 50.4 Å². The van der Waals surface area contributed by atoms with E-state index in [0.717, 1.165) is 66.9 Å². The summed E-state index contributed by atoms with van der Waals surface area (Å²) < 4.78 is 88.4. The molecule has 0 aliphatic carbocycles. The zero-order valence-corrected chi connectivity index (χ0v) is 33.1. The normalized spacial score (nSPS) is 12.2. The molecule has 3 heterocycles. The van der Waals surface area contributed by atoms with Crippen molar-refractivity contribution in [2.75, 3.05) is 0 Å². The molecule has 4 nitrogen and oxygen atoms in total. The van der Waals surface area contributed by atoms with Crippen LogP contribution in [-0.2, 0) is 12.4 Å². The minimum Gasteiger partial charge on any atom is -0.307 e. The molecule has 3 aromatic heterocycles. The summed E-state index contributed by atoms with van der Waals surface area (Å²) in [5.41, 5.74) is 7.09. The van der Waals surface area contributed by atoms with Gasteiger partial charge in [-0.25, -0.2) is 9.83 Å². The van der Waals surface area contributed by atoms with E-state index in [0.29, 0.717) is 45.0 Å². The van der Waals surface area contributed by atoms with Crippen molar-refractivity contribution in [3.8, 4) is 44.9 Å². The lowest BCUT2D eigenvalue weighted by atomic mass is 9.96. The highest BCUT2D eigenvalue weighted by molar-refractivity contribution is 6.12. The van der Waals surface area contributed by atoms with Crippen LogP contribution in [0.1, 0.15) is 22.3 Å². The lowest BCUT2D eigenvalue weighted by molar-refractivity contribution is -0.138. The molecule has 62 heavy (non-hydrogen) atoms. The van der Waals surface area contributed by atoms with Crippen LogP contribution < -0.4 is 0 Å². The highest BCUT2D eigenvalue weighted by atomic mass is 19.4. The molecule has 0 aliphatic rings. The number of aryl methyl sites for hydroxylation is 2. The third-order valence-electron chi connectivity index (χ3n) is 11.6. The monoisotopic (exact) mass is 826 g/mol. The summed E-state index contributed by atoms with van der Waals surface area (Å²) in [6.07, 6.45) is -7.28. The molecule has 0 fully saturated rings. The number of hydrogen-bond donors (Lipinski definition) is 0. The molecule has 0 saturated carbocycles. The maximum Gasteiger partial charge on any atom is 0.417 e. The number of para-hydroxylation sites is 2. The Kier molecular flexibility index (Phi) is 8.85. The first kappa shape index (κ1) is 38.6. The Bertz CT molecular complexity index is 3490. The van der Waals surface area contributed by atoms with Gasteiger partial charge < -0.3 is 4.57 Å². The van der Waals surface area contributed by atoms with Crippen LogP contribution in [0.4, 0.5) is 32.0 Å². The van der Waals surface area contributed by atoms with Gasteiger partial charge in [0.25, 0.3) is 0 Å². The fourth-order valence-corrected chi connectivity index (χ4v) is 8.80. The Morgan fingerprint density at radius 2 is 1.10 bits per heavy atom. The second kappa shape index (κ2) is 14.2. The maximum absolute atomic E-state index is 14.5. The summed E-state index contributed by atoms with van der Waals surface area (Å²) >= 11 is 0. The molecule has 10 aromatic rings. The molecule has 0 aliphatic heterocycles. The smallest absolute Gasteiger partial charge is 0.307 e. The quantitative estimate of drug-likeness (QED) is 0.125. The second-order valence-electron chi connectivity index (χ2n) is 15.5. The standard InChI is InChI=1S/C52H32F6N4/c1-30-15-19-38(44(23-30)52(56,57)58)34-17-21-42-40-12-5-7-14-46(40)62(48(42)27-34)50-28-43(32-9-8-10-36(25-32)59-3)49(29-60-50)61-45-13-6-4-11-39(45)41-20-16-33(26-47(41)61)37-22-18-35(24-31(37)2)51(53,54)55/h4-29H,1-2H3. The lowest BCUT2D eigenvalue weighted by Crippen LogP contribution is -2.07. The lowest BCUT2D eigenvalue weighted by Gasteiger charge is -2.17. The zero-order chi connectivity index (χ0) is 43.1. The van der Waals surface area contributed by atoms with Gasteiger partial charge in [0.05, 0.1) is 51.7 Å². The first-order chi connectivity index (χ1) is 29.8. The SMILES string of the molecule is [C-]#[N+]c1cccc(-c2cc(-n3c4ccccc4c4ccc(-c5ccc(C)cc5C(F)(F)F)cc43)ncc2-n2c3ccccc3c3ccc(-c4ccc(C(F)(F)F)cc4C)cc32)c1. The van der Waals surface area contributed by atoms with Crippen molar-refractivity contribution in [3.63, 3.8) is 0 Å². The topological polar surface area (TPSA) is 27.1 Å². The number of fused-ring (bicyclic) bond motifs is 6. The third kappa shape index (κ3) is 6.36. The number of nitrogens with zero attached hydrogens (tertiary/aromatic N) is 4. The molecule has 0 spiro atoms. The molecule has 302 valence electrons.